The second-order valence-electron chi connectivity index (χ2n) is 10.2. The number of aliphatic hydroxyl groups is 1. The maximum absolute atomic E-state index is 13.5. The summed E-state index contributed by atoms with van der Waals surface area (Å²) in [5.41, 5.74) is 4.72. The van der Waals surface area contributed by atoms with Crippen LogP contribution in [0.3, 0.4) is 0 Å². The van der Waals surface area contributed by atoms with Crippen LogP contribution in [-0.4, -0.2) is 22.7 Å². The van der Waals surface area contributed by atoms with E-state index in [4.69, 9.17) is 9.72 Å². The van der Waals surface area contributed by atoms with Gasteiger partial charge in [-0.3, -0.25) is 4.79 Å². The van der Waals surface area contributed by atoms with E-state index in [9.17, 15) is 9.90 Å². The lowest BCUT2D eigenvalue weighted by Gasteiger charge is -2.35. The first-order chi connectivity index (χ1) is 15.1. The molecule has 1 atom stereocenters. The summed E-state index contributed by atoms with van der Waals surface area (Å²) in [7, 11) is -1.25. The number of rotatable bonds is 4. The fourth-order valence-electron chi connectivity index (χ4n) is 5.01. The Kier molecular flexibility index (Phi) is 4.73. The van der Waals surface area contributed by atoms with E-state index in [1.54, 1.807) is 4.57 Å². The van der Waals surface area contributed by atoms with Gasteiger partial charge in [0, 0.05) is 24.6 Å². The normalized spacial score (nSPS) is 19.5. The van der Waals surface area contributed by atoms with Crippen molar-refractivity contribution in [3.63, 3.8) is 0 Å². The Morgan fingerprint density at radius 1 is 1.25 bits per heavy atom. The Morgan fingerprint density at radius 3 is 2.72 bits per heavy atom. The SMILES string of the molecule is C=C1OCc2c(cc3n(c2=O)Cc2c-3nc3ccccc3c2CC[Si](C)(C)C)[C@@]1(O)CC. The summed E-state index contributed by atoms with van der Waals surface area (Å²) in [6.07, 6.45) is 1.38. The zero-order valence-corrected chi connectivity index (χ0v) is 20.3. The second-order valence-corrected chi connectivity index (χ2v) is 15.9. The number of pyridine rings is 2. The van der Waals surface area contributed by atoms with Crippen LogP contribution >= 0.6 is 0 Å². The van der Waals surface area contributed by atoms with Gasteiger partial charge in [0.05, 0.1) is 29.0 Å². The van der Waals surface area contributed by atoms with E-state index < -0.39 is 13.7 Å². The van der Waals surface area contributed by atoms with Crippen LogP contribution in [0.15, 0.2) is 47.5 Å². The van der Waals surface area contributed by atoms with Crippen molar-refractivity contribution < 1.29 is 9.84 Å². The summed E-state index contributed by atoms with van der Waals surface area (Å²) in [5.74, 6) is 0.303. The predicted molar refractivity (Wildman–Crippen MR) is 131 cm³/mol. The number of benzene rings is 1. The van der Waals surface area contributed by atoms with Crippen LogP contribution in [0.1, 0.15) is 35.6 Å². The molecule has 0 aliphatic carbocycles. The van der Waals surface area contributed by atoms with Crippen LogP contribution in [0.5, 0.6) is 0 Å². The molecule has 2 aromatic heterocycles. The minimum atomic E-state index is -1.36. The third kappa shape index (κ3) is 3.08. The average Bonchev–Trinajstić information content (AvgIpc) is 3.12. The number of hydrogen-bond donors (Lipinski definition) is 1. The smallest absolute Gasteiger partial charge is 0.258 e. The molecule has 5 rings (SSSR count). The van der Waals surface area contributed by atoms with Crippen LogP contribution in [0, 0.1) is 0 Å². The Morgan fingerprint density at radius 2 is 2.00 bits per heavy atom. The highest BCUT2D eigenvalue weighted by Gasteiger charge is 2.41. The highest BCUT2D eigenvalue weighted by atomic mass is 28.3. The molecule has 0 saturated carbocycles. The molecular formula is C26H30N2O3Si. The summed E-state index contributed by atoms with van der Waals surface area (Å²) in [6, 6.07) is 11.4. The third-order valence-corrected chi connectivity index (χ3v) is 8.75. The summed E-state index contributed by atoms with van der Waals surface area (Å²) >= 11 is 0. The van der Waals surface area contributed by atoms with E-state index in [1.165, 1.54) is 17.0 Å². The van der Waals surface area contributed by atoms with E-state index in [0.717, 1.165) is 28.9 Å². The Labute approximate surface area is 189 Å². The van der Waals surface area contributed by atoms with Crippen LogP contribution in [0.4, 0.5) is 0 Å². The molecule has 1 N–H and O–H groups in total. The monoisotopic (exact) mass is 446 g/mol. The van der Waals surface area contributed by atoms with Gasteiger partial charge in [-0.05, 0) is 30.5 Å². The molecule has 0 unspecified atom stereocenters. The molecule has 4 heterocycles. The number of aryl methyl sites for hydroxylation is 1. The zero-order chi connectivity index (χ0) is 22.8. The first-order valence-corrected chi connectivity index (χ1v) is 15.1. The molecule has 32 heavy (non-hydrogen) atoms. The lowest BCUT2D eigenvalue weighted by atomic mass is 9.84. The predicted octanol–water partition coefficient (Wildman–Crippen LogP) is 4.95. The van der Waals surface area contributed by atoms with E-state index >= 15 is 0 Å². The molecule has 0 amide bonds. The molecule has 0 spiro atoms. The van der Waals surface area contributed by atoms with Crippen molar-refractivity contribution >= 4 is 19.0 Å². The quantitative estimate of drug-likeness (QED) is 0.451. The van der Waals surface area contributed by atoms with Gasteiger partial charge in [-0.1, -0.05) is 57.4 Å². The van der Waals surface area contributed by atoms with E-state index in [1.807, 2.05) is 25.1 Å². The lowest BCUT2D eigenvalue weighted by Crippen LogP contribution is -2.38. The molecular weight excluding hydrogens is 416 g/mol. The van der Waals surface area contributed by atoms with Gasteiger partial charge in [0.25, 0.3) is 5.56 Å². The van der Waals surface area contributed by atoms with Gasteiger partial charge >= 0.3 is 0 Å². The summed E-state index contributed by atoms with van der Waals surface area (Å²) in [6.45, 7) is 13.6. The Balaban J connectivity index is 1.76. The lowest BCUT2D eigenvalue weighted by molar-refractivity contribution is -0.0172. The third-order valence-electron chi connectivity index (χ3n) is 7.00. The highest BCUT2D eigenvalue weighted by molar-refractivity contribution is 6.76. The minimum absolute atomic E-state index is 0.102. The molecule has 166 valence electrons. The number of para-hydroxylation sites is 1. The van der Waals surface area contributed by atoms with Crippen molar-refractivity contribution in [2.45, 2.75) is 64.2 Å². The van der Waals surface area contributed by atoms with E-state index in [0.29, 0.717) is 29.9 Å². The average molecular weight is 447 g/mol. The molecule has 5 nitrogen and oxygen atoms in total. The first kappa shape index (κ1) is 21.2. The maximum atomic E-state index is 13.5. The van der Waals surface area contributed by atoms with Crippen LogP contribution < -0.4 is 5.56 Å². The minimum Gasteiger partial charge on any atom is -0.490 e. The standard InChI is InChI=1S/C26H30N2O3Si/c1-6-26(30)16(2)31-15-20-21(26)13-23-24-19(14-28(23)25(20)29)17(11-12-32(3,4)5)18-9-7-8-10-22(18)27-24/h7-10,13,30H,2,6,11-12,14-15H2,1,3-5H3/t26-/m1/s1. The van der Waals surface area contributed by atoms with Crippen molar-refractivity contribution in [2.24, 2.45) is 0 Å². The zero-order valence-electron chi connectivity index (χ0n) is 19.3. The number of fused-ring (bicyclic) bond motifs is 5. The van der Waals surface area contributed by atoms with E-state index in [-0.39, 0.29) is 12.2 Å². The van der Waals surface area contributed by atoms with Crippen LogP contribution in [0.25, 0.3) is 22.3 Å². The maximum Gasteiger partial charge on any atom is 0.258 e. The molecule has 2 aliphatic rings. The molecule has 0 bridgehead atoms. The van der Waals surface area contributed by atoms with Crippen molar-refractivity contribution in [2.75, 3.05) is 0 Å². The topological polar surface area (TPSA) is 64.4 Å². The van der Waals surface area contributed by atoms with Gasteiger partial charge in [0.1, 0.15) is 18.0 Å². The van der Waals surface area contributed by atoms with Crippen molar-refractivity contribution in [1.29, 1.82) is 0 Å². The van der Waals surface area contributed by atoms with Crippen molar-refractivity contribution in [3.8, 4) is 11.4 Å². The Hall–Kier alpha value is -2.70. The van der Waals surface area contributed by atoms with Gasteiger partial charge in [0.15, 0.2) is 0 Å². The molecule has 3 aromatic rings. The van der Waals surface area contributed by atoms with Gasteiger partial charge in [0.2, 0.25) is 0 Å². The largest absolute Gasteiger partial charge is 0.490 e. The molecule has 1 aromatic carbocycles. The summed E-state index contributed by atoms with van der Waals surface area (Å²) < 4.78 is 7.43. The van der Waals surface area contributed by atoms with Gasteiger partial charge in [-0.2, -0.15) is 0 Å². The van der Waals surface area contributed by atoms with Crippen LogP contribution in [0.2, 0.25) is 25.7 Å². The first-order valence-electron chi connectivity index (χ1n) is 11.4. The molecule has 2 aliphatic heterocycles. The molecule has 6 heteroatoms. The Bertz CT molecular complexity index is 1340. The molecule has 0 saturated heterocycles. The summed E-state index contributed by atoms with van der Waals surface area (Å²) in [5, 5.41) is 12.5. The van der Waals surface area contributed by atoms with Gasteiger partial charge in [-0.15, -0.1) is 0 Å². The van der Waals surface area contributed by atoms with Gasteiger partial charge in [-0.25, -0.2) is 4.98 Å². The number of hydrogen-bond acceptors (Lipinski definition) is 4. The van der Waals surface area contributed by atoms with Crippen molar-refractivity contribution in [1.82, 2.24) is 9.55 Å². The fraction of sp³-hybridized carbons (Fsp3) is 0.385. The second kappa shape index (κ2) is 7.15. The summed E-state index contributed by atoms with van der Waals surface area (Å²) in [4.78, 5) is 18.5. The fourth-order valence-corrected chi connectivity index (χ4v) is 6.01. The highest BCUT2D eigenvalue weighted by Crippen LogP contribution is 2.43. The number of ether oxygens (including phenoxy) is 1. The number of aromatic nitrogens is 2. The van der Waals surface area contributed by atoms with Crippen molar-refractivity contribution in [3.05, 3.63) is 75.3 Å². The van der Waals surface area contributed by atoms with Crippen LogP contribution in [-0.2, 0) is 29.9 Å². The molecule has 0 radical (unpaired) electrons. The molecule has 0 fully saturated rings. The van der Waals surface area contributed by atoms with Gasteiger partial charge < -0.3 is 14.4 Å². The van der Waals surface area contributed by atoms with E-state index in [2.05, 4.69) is 38.4 Å². The number of nitrogens with zero attached hydrogens (tertiary/aromatic N) is 2.